The van der Waals surface area contributed by atoms with E-state index in [9.17, 15) is 9.59 Å². The number of carboxylic acids is 1. The largest absolute Gasteiger partial charge is 0.480 e. The Bertz CT molecular complexity index is 205. The lowest BCUT2D eigenvalue weighted by Crippen LogP contribution is -2.44. The van der Waals surface area contributed by atoms with Crippen LogP contribution in [0.25, 0.3) is 0 Å². The molecule has 1 heterocycles. The van der Waals surface area contributed by atoms with Crippen molar-refractivity contribution < 1.29 is 14.7 Å². The molecule has 3 N–H and O–H groups in total. The van der Waals surface area contributed by atoms with Crippen molar-refractivity contribution in [2.24, 2.45) is 0 Å². The van der Waals surface area contributed by atoms with Gasteiger partial charge in [0.05, 0.1) is 0 Å². The lowest BCUT2D eigenvalue weighted by Gasteiger charge is -2.13. The van der Waals surface area contributed by atoms with Gasteiger partial charge in [-0.2, -0.15) is 0 Å². The van der Waals surface area contributed by atoms with E-state index in [1.807, 2.05) is 0 Å². The van der Waals surface area contributed by atoms with Crippen molar-refractivity contribution in [3.05, 3.63) is 0 Å². The summed E-state index contributed by atoms with van der Waals surface area (Å²) in [6.45, 7) is 1.96. The van der Waals surface area contributed by atoms with Crippen LogP contribution < -0.4 is 10.6 Å². The zero-order chi connectivity index (χ0) is 9.14. The topological polar surface area (TPSA) is 78.4 Å². The fourth-order valence-electron chi connectivity index (χ4n) is 1.19. The minimum atomic E-state index is -0.927. The van der Waals surface area contributed by atoms with Gasteiger partial charge in [-0.25, -0.2) is 0 Å². The first kappa shape index (κ1) is 8.99. The van der Waals surface area contributed by atoms with E-state index in [2.05, 4.69) is 10.6 Å². The summed E-state index contributed by atoms with van der Waals surface area (Å²) in [5, 5.41) is 14.0. The van der Waals surface area contributed by atoms with Gasteiger partial charge in [-0.05, 0) is 6.92 Å². The molecule has 2 unspecified atom stereocenters. The van der Waals surface area contributed by atoms with Crippen LogP contribution in [0.15, 0.2) is 0 Å². The first-order valence-corrected chi connectivity index (χ1v) is 3.85. The van der Waals surface area contributed by atoms with Gasteiger partial charge in [-0.1, -0.05) is 0 Å². The van der Waals surface area contributed by atoms with Gasteiger partial charge >= 0.3 is 5.97 Å². The first-order valence-electron chi connectivity index (χ1n) is 3.85. The van der Waals surface area contributed by atoms with Gasteiger partial charge < -0.3 is 10.4 Å². The maximum absolute atomic E-state index is 10.9. The minimum Gasteiger partial charge on any atom is -0.480 e. The van der Waals surface area contributed by atoms with Crippen molar-refractivity contribution >= 4 is 11.9 Å². The normalized spacial score (nSPS) is 30.6. The van der Waals surface area contributed by atoms with Gasteiger partial charge in [0.1, 0.15) is 6.04 Å². The van der Waals surface area contributed by atoms with Gasteiger partial charge in [-0.15, -0.1) is 0 Å². The second-order valence-electron chi connectivity index (χ2n) is 2.97. The van der Waals surface area contributed by atoms with Crippen LogP contribution in [-0.2, 0) is 9.59 Å². The summed E-state index contributed by atoms with van der Waals surface area (Å²) in [6.07, 6.45) is 0.337. The van der Waals surface area contributed by atoms with Crippen molar-refractivity contribution in [3.63, 3.8) is 0 Å². The molecule has 1 aliphatic heterocycles. The number of hydrogen-bond donors (Lipinski definition) is 3. The molecule has 1 aliphatic rings. The lowest BCUT2D eigenvalue weighted by molar-refractivity contribution is -0.139. The van der Waals surface area contributed by atoms with Crippen molar-refractivity contribution in [1.29, 1.82) is 0 Å². The molecule has 0 bridgehead atoms. The number of carboxylic acid groups (broad SMARTS) is 1. The molecular weight excluding hydrogens is 160 g/mol. The molecule has 1 fully saturated rings. The number of nitrogens with one attached hydrogen (secondary N) is 2. The van der Waals surface area contributed by atoms with E-state index in [-0.39, 0.29) is 18.5 Å². The summed E-state index contributed by atoms with van der Waals surface area (Å²) in [7, 11) is 0. The summed E-state index contributed by atoms with van der Waals surface area (Å²) < 4.78 is 0. The predicted octanol–water partition coefficient (Wildman–Crippen LogP) is -1.06. The smallest absolute Gasteiger partial charge is 0.322 e. The highest BCUT2D eigenvalue weighted by atomic mass is 16.4. The summed E-state index contributed by atoms with van der Waals surface area (Å²) in [6, 6.07) is -0.736. The molecule has 0 aliphatic carbocycles. The fourth-order valence-corrected chi connectivity index (χ4v) is 1.19. The average molecular weight is 172 g/mol. The van der Waals surface area contributed by atoms with Crippen molar-refractivity contribution in [2.45, 2.75) is 25.4 Å². The quantitative estimate of drug-likeness (QED) is 0.471. The predicted molar refractivity (Wildman–Crippen MR) is 41.6 cm³/mol. The summed E-state index contributed by atoms with van der Waals surface area (Å²) in [5.74, 6) is -1.03. The third-order valence-corrected chi connectivity index (χ3v) is 1.78. The number of amides is 1. The van der Waals surface area contributed by atoms with Gasteiger partial charge in [0.15, 0.2) is 0 Å². The van der Waals surface area contributed by atoms with E-state index in [0.29, 0.717) is 6.42 Å². The average Bonchev–Trinajstić information content (AvgIpc) is 2.11. The second-order valence-corrected chi connectivity index (χ2v) is 2.97. The van der Waals surface area contributed by atoms with Gasteiger partial charge in [-0.3, -0.25) is 14.9 Å². The van der Waals surface area contributed by atoms with Gasteiger partial charge in [0.2, 0.25) is 5.91 Å². The van der Waals surface area contributed by atoms with Crippen LogP contribution in [0, 0.1) is 0 Å². The first-order chi connectivity index (χ1) is 5.59. The second kappa shape index (κ2) is 3.53. The van der Waals surface area contributed by atoms with Crippen LogP contribution in [0.4, 0.5) is 0 Å². The van der Waals surface area contributed by atoms with Crippen molar-refractivity contribution in [2.75, 3.05) is 6.54 Å². The Morgan fingerprint density at radius 2 is 2.33 bits per heavy atom. The molecule has 0 radical (unpaired) electrons. The highest BCUT2D eigenvalue weighted by Gasteiger charge is 2.24. The Kier molecular flexibility index (Phi) is 2.65. The Morgan fingerprint density at radius 1 is 1.67 bits per heavy atom. The zero-order valence-corrected chi connectivity index (χ0v) is 6.83. The molecule has 5 heteroatoms. The van der Waals surface area contributed by atoms with Gasteiger partial charge in [0.25, 0.3) is 0 Å². The highest BCUT2D eigenvalue weighted by Crippen LogP contribution is 1.98. The van der Waals surface area contributed by atoms with E-state index in [1.54, 1.807) is 6.92 Å². The number of hydrogen-bond acceptors (Lipinski definition) is 3. The number of carbonyl (C=O) groups is 2. The fraction of sp³-hybridized carbons (Fsp3) is 0.714. The zero-order valence-electron chi connectivity index (χ0n) is 6.83. The number of aliphatic carboxylic acids is 1. The van der Waals surface area contributed by atoms with Crippen LogP contribution in [0.2, 0.25) is 0 Å². The molecule has 1 amide bonds. The molecule has 5 nitrogen and oxygen atoms in total. The maximum atomic E-state index is 10.9. The monoisotopic (exact) mass is 172 g/mol. The molecule has 0 spiro atoms. The Labute approximate surface area is 70.1 Å². The lowest BCUT2D eigenvalue weighted by atomic mass is 10.2. The van der Waals surface area contributed by atoms with Crippen LogP contribution in [0.5, 0.6) is 0 Å². The highest BCUT2D eigenvalue weighted by molar-refractivity contribution is 5.80. The SMILES string of the molecule is CC1CC(=O)NCC(C(=O)O)N1. The van der Waals surface area contributed by atoms with Crippen LogP contribution in [0.1, 0.15) is 13.3 Å². The van der Waals surface area contributed by atoms with Crippen LogP contribution in [0.3, 0.4) is 0 Å². The maximum Gasteiger partial charge on any atom is 0.322 e. The van der Waals surface area contributed by atoms with Gasteiger partial charge in [0, 0.05) is 19.0 Å². The summed E-state index contributed by atoms with van der Waals surface area (Å²) in [4.78, 5) is 21.5. The van der Waals surface area contributed by atoms with E-state index in [0.717, 1.165) is 0 Å². The van der Waals surface area contributed by atoms with E-state index in [1.165, 1.54) is 0 Å². The van der Waals surface area contributed by atoms with Crippen molar-refractivity contribution in [3.8, 4) is 0 Å². The summed E-state index contributed by atoms with van der Waals surface area (Å²) in [5.41, 5.74) is 0. The molecule has 0 aromatic rings. The van der Waals surface area contributed by atoms with Crippen LogP contribution >= 0.6 is 0 Å². The van der Waals surface area contributed by atoms with E-state index < -0.39 is 12.0 Å². The molecule has 12 heavy (non-hydrogen) atoms. The third-order valence-electron chi connectivity index (χ3n) is 1.78. The molecule has 68 valence electrons. The molecule has 0 aromatic heterocycles. The molecule has 0 aromatic carbocycles. The Morgan fingerprint density at radius 3 is 2.92 bits per heavy atom. The molecule has 2 atom stereocenters. The van der Waals surface area contributed by atoms with Crippen LogP contribution in [-0.4, -0.2) is 35.6 Å². The molecule has 0 saturated carbocycles. The van der Waals surface area contributed by atoms with E-state index in [4.69, 9.17) is 5.11 Å². The molecule has 1 rings (SSSR count). The third kappa shape index (κ3) is 2.20. The van der Waals surface area contributed by atoms with E-state index >= 15 is 0 Å². The molecule has 1 saturated heterocycles. The standard InChI is InChI=1S/C7H12N2O3/c1-4-2-6(10)8-3-5(9-4)7(11)12/h4-5,9H,2-3H2,1H3,(H,8,10)(H,11,12). The minimum absolute atomic E-state index is 0.0754. The Balaban J connectivity index is 2.58. The number of carbonyl (C=O) groups excluding carboxylic acids is 1. The Hall–Kier alpha value is -1.10. The number of rotatable bonds is 1. The summed E-state index contributed by atoms with van der Waals surface area (Å²) >= 11 is 0. The van der Waals surface area contributed by atoms with Crippen molar-refractivity contribution in [1.82, 2.24) is 10.6 Å². The molecular formula is C7H12N2O3.